The number of morpholine rings is 1. The standard InChI is InChI=1S/C30H27F2N5O2/c1-19(16-36-8-10-38-11-9-36)37-28-7-2-20(13-27(28)35-30(37)34-18-33)12-26-24-5-3-22(31)14-21(24)17-39-29-15-23(32)4-6-25(26)29/h2-7,12-15,19H,8-11,16-17H2,1H3,(H,34,35)/t19-/m1/s1. The van der Waals surface area contributed by atoms with E-state index >= 15 is 0 Å². The lowest BCUT2D eigenvalue weighted by Gasteiger charge is -2.29. The highest BCUT2D eigenvalue weighted by Gasteiger charge is 2.21. The van der Waals surface area contributed by atoms with E-state index in [2.05, 4.69) is 26.4 Å². The van der Waals surface area contributed by atoms with Gasteiger partial charge in [-0.2, -0.15) is 5.26 Å². The predicted molar refractivity (Wildman–Crippen MR) is 144 cm³/mol. The molecule has 2 aliphatic heterocycles. The van der Waals surface area contributed by atoms with Crippen LogP contribution in [0.2, 0.25) is 0 Å². The summed E-state index contributed by atoms with van der Waals surface area (Å²) in [6.45, 7) is 6.24. The molecule has 6 rings (SSSR count). The molecule has 0 radical (unpaired) electrons. The van der Waals surface area contributed by atoms with Gasteiger partial charge in [0.05, 0.1) is 24.2 Å². The Bertz CT molecular complexity index is 1640. The normalized spacial score (nSPS) is 17.8. The van der Waals surface area contributed by atoms with Crippen molar-refractivity contribution in [3.8, 4) is 11.9 Å². The van der Waals surface area contributed by atoms with Crippen LogP contribution in [-0.4, -0.2) is 47.3 Å². The molecular weight excluding hydrogens is 500 g/mol. The third kappa shape index (κ3) is 4.97. The summed E-state index contributed by atoms with van der Waals surface area (Å²) < 4.78 is 41.5. The molecule has 1 N–H and O–H groups in total. The number of imidazole rings is 1. The Balaban J connectivity index is 1.45. The van der Waals surface area contributed by atoms with Crippen LogP contribution < -0.4 is 10.4 Å². The molecule has 0 saturated carbocycles. The number of fused-ring (bicyclic) bond motifs is 3. The second-order valence-corrected chi connectivity index (χ2v) is 9.86. The largest absolute Gasteiger partial charge is 0.488 e. The van der Waals surface area contributed by atoms with Crippen LogP contribution in [0.1, 0.15) is 35.2 Å². The summed E-state index contributed by atoms with van der Waals surface area (Å²) in [6, 6.07) is 15.1. The molecule has 9 heteroatoms. The number of aromatic nitrogens is 2. The average Bonchev–Trinajstić information content (AvgIpc) is 3.22. The summed E-state index contributed by atoms with van der Waals surface area (Å²) >= 11 is 0. The highest BCUT2D eigenvalue weighted by atomic mass is 19.1. The predicted octanol–water partition coefficient (Wildman–Crippen LogP) is 5.00. The van der Waals surface area contributed by atoms with Crippen LogP contribution in [-0.2, 0) is 11.3 Å². The first-order valence-electron chi connectivity index (χ1n) is 12.9. The van der Waals surface area contributed by atoms with Crippen molar-refractivity contribution in [2.45, 2.75) is 19.6 Å². The highest BCUT2D eigenvalue weighted by molar-refractivity contribution is 5.95. The summed E-state index contributed by atoms with van der Waals surface area (Å²) in [5.41, 5.74) is 6.16. The monoisotopic (exact) mass is 527 g/mol. The van der Waals surface area contributed by atoms with Gasteiger partial charge in [0.2, 0.25) is 11.8 Å². The minimum Gasteiger partial charge on any atom is -0.488 e. The third-order valence-electron chi connectivity index (χ3n) is 7.26. The fourth-order valence-electron chi connectivity index (χ4n) is 5.47. The van der Waals surface area contributed by atoms with E-state index in [1.165, 1.54) is 24.3 Å². The van der Waals surface area contributed by atoms with Gasteiger partial charge in [0.15, 0.2) is 0 Å². The van der Waals surface area contributed by atoms with E-state index in [-0.39, 0.29) is 18.5 Å². The first-order valence-corrected chi connectivity index (χ1v) is 12.9. The zero-order valence-corrected chi connectivity index (χ0v) is 21.5. The molecule has 0 unspecified atom stereocenters. The van der Waals surface area contributed by atoms with Gasteiger partial charge in [0, 0.05) is 42.9 Å². The van der Waals surface area contributed by atoms with Gasteiger partial charge in [-0.15, -0.1) is 4.99 Å². The maximum absolute atomic E-state index is 14.1. The average molecular weight is 528 g/mol. The van der Waals surface area contributed by atoms with Crippen molar-refractivity contribution in [2.75, 3.05) is 32.8 Å². The molecule has 0 aliphatic carbocycles. The van der Waals surface area contributed by atoms with Gasteiger partial charge < -0.3 is 19.0 Å². The Morgan fingerprint density at radius 1 is 1.05 bits per heavy atom. The summed E-state index contributed by atoms with van der Waals surface area (Å²) in [6.07, 6.45) is 3.91. The molecule has 3 aromatic carbocycles. The number of aromatic amines is 1. The van der Waals surface area contributed by atoms with Crippen molar-refractivity contribution in [3.05, 3.63) is 94.1 Å². The molecule has 4 aromatic rings. The molecule has 39 heavy (non-hydrogen) atoms. The number of halogens is 2. The molecule has 0 bridgehead atoms. The van der Waals surface area contributed by atoms with Crippen LogP contribution in [0.15, 0.2) is 59.6 Å². The Kier molecular flexibility index (Phi) is 6.73. The van der Waals surface area contributed by atoms with Crippen LogP contribution in [0.4, 0.5) is 8.78 Å². The van der Waals surface area contributed by atoms with E-state index in [4.69, 9.17) is 9.47 Å². The lowest BCUT2D eigenvalue weighted by atomic mass is 9.92. The maximum atomic E-state index is 14.1. The lowest BCUT2D eigenvalue weighted by molar-refractivity contribution is 0.0326. The number of H-pyrrole nitrogens is 1. The number of benzene rings is 3. The fourth-order valence-corrected chi connectivity index (χ4v) is 5.47. The molecule has 198 valence electrons. The number of rotatable bonds is 4. The summed E-state index contributed by atoms with van der Waals surface area (Å²) in [5.74, 6) is -0.350. The van der Waals surface area contributed by atoms with Gasteiger partial charge >= 0.3 is 0 Å². The van der Waals surface area contributed by atoms with Gasteiger partial charge in [-0.1, -0.05) is 12.1 Å². The maximum Gasteiger partial charge on any atom is 0.219 e. The van der Waals surface area contributed by atoms with Crippen molar-refractivity contribution < 1.29 is 18.3 Å². The number of ether oxygens (including phenoxy) is 2. The topological polar surface area (TPSA) is 78.6 Å². The zero-order valence-electron chi connectivity index (χ0n) is 21.5. The first kappa shape index (κ1) is 25.0. The van der Waals surface area contributed by atoms with E-state index in [1.54, 1.807) is 12.1 Å². The van der Waals surface area contributed by atoms with E-state index in [9.17, 15) is 14.0 Å². The van der Waals surface area contributed by atoms with Gasteiger partial charge in [0.1, 0.15) is 24.0 Å². The quantitative estimate of drug-likeness (QED) is 0.379. The number of nitrogens with one attached hydrogen (secondary N) is 1. The zero-order chi connectivity index (χ0) is 26.9. The first-order chi connectivity index (χ1) is 19.0. The minimum absolute atomic E-state index is 0.0655. The Morgan fingerprint density at radius 3 is 2.62 bits per heavy atom. The van der Waals surface area contributed by atoms with Crippen molar-refractivity contribution in [1.82, 2.24) is 14.5 Å². The van der Waals surface area contributed by atoms with Gasteiger partial charge in [-0.25, -0.2) is 8.78 Å². The molecule has 1 aromatic heterocycles. The smallest absolute Gasteiger partial charge is 0.219 e. The number of hydrogen-bond donors (Lipinski definition) is 1. The lowest BCUT2D eigenvalue weighted by Crippen LogP contribution is -2.40. The molecule has 1 atom stereocenters. The van der Waals surface area contributed by atoms with Crippen LogP contribution in [0.25, 0.3) is 22.7 Å². The third-order valence-corrected chi connectivity index (χ3v) is 7.26. The molecular formula is C30H27F2N5O2. The van der Waals surface area contributed by atoms with E-state index in [1.807, 2.05) is 30.5 Å². The van der Waals surface area contributed by atoms with Crippen molar-refractivity contribution in [1.29, 1.82) is 5.26 Å². The Labute approximate surface area is 224 Å². The highest BCUT2D eigenvalue weighted by Crippen LogP contribution is 2.38. The Hall–Kier alpha value is -4.26. The van der Waals surface area contributed by atoms with Crippen LogP contribution >= 0.6 is 0 Å². The SMILES string of the molecule is C[C@H](CN1CCOCC1)n1c(=NC#N)[nH]c2cc(C=C3c4ccc(F)cc4COc4cc(F)ccc43)ccc21. The van der Waals surface area contributed by atoms with E-state index in [0.29, 0.717) is 16.9 Å². The minimum atomic E-state index is -0.400. The molecule has 1 saturated heterocycles. The van der Waals surface area contributed by atoms with Crippen molar-refractivity contribution in [3.63, 3.8) is 0 Å². The van der Waals surface area contributed by atoms with E-state index in [0.717, 1.165) is 66.1 Å². The van der Waals surface area contributed by atoms with Gasteiger partial charge in [-0.05, 0) is 66.1 Å². The summed E-state index contributed by atoms with van der Waals surface area (Å²) in [4.78, 5) is 9.71. The number of nitriles is 1. The van der Waals surface area contributed by atoms with Gasteiger partial charge in [0.25, 0.3) is 0 Å². The van der Waals surface area contributed by atoms with Crippen LogP contribution in [0, 0.1) is 23.1 Å². The van der Waals surface area contributed by atoms with Crippen LogP contribution in [0.3, 0.4) is 0 Å². The molecule has 1 fully saturated rings. The summed E-state index contributed by atoms with van der Waals surface area (Å²) in [7, 11) is 0. The molecule has 0 spiro atoms. The summed E-state index contributed by atoms with van der Waals surface area (Å²) in [5, 5.41) is 9.34. The molecule has 0 amide bonds. The number of hydrogen-bond acceptors (Lipinski definition) is 5. The van der Waals surface area contributed by atoms with Gasteiger partial charge in [-0.3, -0.25) is 4.90 Å². The molecule has 3 heterocycles. The Morgan fingerprint density at radius 2 is 1.82 bits per heavy atom. The number of nitrogens with zero attached hydrogens (tertiary/aromatic N) is 4. The van der Waals surface area contributed by atoms with Crippen LogP contribution in [0.5, 0.6) is 5.75 Å². The molecule has 2 aliphatic rings. The van der Waals surface area contributed by atoms with Crippen molar-refractivity contribution in [2.24, 2.45) is 4.99 Å². The van der Waals surface area contributed by atoms with E-state index < -0.39 is 5.82 Å². The fraction of sp³-hybridized carbons (Fsp3) is 0.267. The second-order valence-electron chi connectivity index (χ2n) is 9.86. The molecule has 7 nitrogen and oxygen atoms in total. The second kappa shape index (κ2) is 10.5. The van der Waals surface area contributed by atoms with Crippen molar-refractivity contribution >= 4 is 22.7 Å².